The first-order valence-electron chi connectivity index (χ1n) is 6.07. The fraction of sp³-hybridized carbons (Fsp3) is 0.385. The number of nitro benzene ring substituents is 1. The number of nitrogens with one attached hydrogen (secondary N) is 1. The van der Waals surface area contributed by atoms with E-state index in [1.165, 1.54) is 18.2 Å². The number of rotatable bonds is 5. The van der Waals surface area contributed by atoms with Crippen LogP contribution < -0.4 is 5.32 Å². The summed E-state index contributed by atoms with van der Waals surface area (Å²) in [7, 11) is 0. The van der Waals surface area contributed by atoms with Crippen LogP contribution >= 0.6 is 15.9 Å². The summed E-state index contributed by atoms with van der Waals surface area (Å²) >= 11 is 3.07. The van der Waals surface area contributed by atoms with Gasteiger partial charge in [-0.1, -0.05) is 19.9 Å². The van der Waals surface area contributed by atoms with Gasteiger partial charge in [0.15, 0.2) is 0 Å². The van der Waals surface area contributed by atoms with Crippen molar-refractivity contribution in [2.24, 2.45) is 0 Å². The van der Waals surface area contributed by atoms with Gasteiger partial charge in [0.1, 0.15) is 10.0 Å². The zero-order valence-corrected chi connectivity index (χ0v) is 12.7. The fourth-order valence-corrected chi connectivity index (χ4v) is 2.32. The summed E-state index contributed by atoms with van der Waals surface area (Å²) < 4.78 is 0.113. The summed E-state index contributed by atoms with van der Waals surface area (Å²) in [5.41, 5.74) is -1.00. The Hall–Kier alpha value is -1.94. The molecule has 0 aliphatic rings. The van der Waals surface area contributed by atoms with Crippen molar-refractivity contribution in [3.63, 3.8) is 0 Å². The molecule has 0 atom stereocenters. The van der Waals surface area contributed by atoms with Crippen molar-refractivity contribution in [2.75, 3.05) is 0 Å². The summed E-state index contributed by atoms with van der Waals surface area (Å²) in [5, 5.41) is 22.7. The van der Waals surface area contributed by atoms with Gasteiger partial charge in [0.25, 0.3) is 11.6 Å². The molecule has 0 aliphatic carbocycles. The van der Waals surface area contributed by atoms with Gasteiger partial charge >= 0.3 is 0 Å². The van der Waals surface area contributed by atoms with Crippen molar-refractivity contribution < 1.29 is 9.72 Å². The Bertz CT molecular complexity index is 577. The summed E-state index contributed by atoms with van der Waals surface area (Å²) in [6, 6.07) is 6.30. The van der Waals surface area contributed by atoms with Gasteiger partial charge in [-0.2, -0.15) is 5.26 Å². The van der Waals surface area contributed by atoms with Crippen LogP contribution in [0.1, 0.15) is 37.0 Å². The maximum absolute atomic E-state index is 12.2. The van der Waals surface area contributed by atoms with Gasteiger partial charge in [0.05, 0.1) is 16.6 Å². The van der Waals surface area contributed by atoms with E-state index in [9.17, 15) is 20.2 Å². The number of hydrogen-bond acceptors (Lipinski definition) is 4. The Balaban J connectivity index is 3.14. The molecule has 0 spiro atoms. The standard InChI is InChI=1S/C13H14BrN3O3/c1-3-13(4-2,8-15)16-12(18)9-6-5-7-10(11(9)14)17(19)20/h5-7H,3-4H2,1-2H3,(H,16,18). The second-order valence-electron chi connectivity index (χ2n) is 4.25. The van der Waals surface area contributed by atoms with Crippen molar-refractivity contribution in [1.82, 2.24) is 5.32 Å². The summed E-state index contributed by atoms with van der Waals surface area (Å²) in [5.74, 6) is -0.508. The summed E-state index contributed by atoms with van der Waals surface area (Å²) in [4.78, 5) is 22.5. The lowest BCUT2D eigenvalue weighted by Crippen LogP contribution is -2.46. The second kappa shape index (κ2) is 6.48. The Morgan fingerprint density at radius 3 is 2.55 bits per heavy atom. The molecule has 1 N–H and O–H groups in total. The number of halogens is 1. The number of hydrogen-bond donors (Lipinski definition) is 1. The minimum atomic E-state index is -0.957. The van der Waals surface area contributed by atoms with E-state index in [1.54, 1.807) is 13.8 Å². The van der Waals surface area contributed by atoms with Gasteiger partial charge in [-0.25, -0.2) is 0 Å². The quantitative estimate of drug-likeness (QED) is 0.658. The van der Waals surface area contributed by atoms with E-state index in [-0.39, 0.29) is 15.7 Å². The third-order valence-corrected chi connectivity index (χ3v) is 4.03. The lowest BCUT2D eigenvalue weighted by Gasteiger charge is -2.25. The first-order valence-corrected chi connectivity index (χ1v) is 6.86. The topological polar surface area (TPSA) is 96.0 Å². The van der Waals surface area contributed by atoms with E-state index in [4.69, 9.17) is 0 Å². The van der Waals surface area contributed by atoms with E-state index in [1.807, 2.05) is 0 Å². The predicted molar refractivity (Wildman–Crippen MR) is 77.2 cm³/mol. The first-order chi connectivity index (χ1) is 9.40. The number of carbonyl (C=O) groups is 1. The third-order valence-electron chi connectivity index (χ3n) is 3.19. The molecule has 0 heterocycles. The first kappa shape index (κ1) is 16.1. The Labute approximate surface area is 125 Å². The van der Waals surface area contributed by atoms with Gasteiger partial charge in [-0.3, -0.25) is 14.9 Å². The highest BCUT2D eigenvalue weighted by molar-refractivity contribution is 9.10. The molecule has 1 rings (SSSR count). The van der Waals surface area contributed by atoms with E-state index in [0.29, 0.717) is 12.8 Å². The molecule has 0 unspecified atom stereocenters. The zero-order chi connectivity index (χ0) is 15.3. The van der Waals surface area contributed by atoms with Crippen molar-refractivity contribution >= 4 is 27.5 Å². The molecule has 6 nitrogen and oxygen atoms in total. The van der Waals surface area contributed by atoms with Crippen LogP contribution in [-0.2, 0) is 0 Å². The fourth-order valence-electron chi connectivity index (χ4n) is 1.73. The number of nitriles is 1. The lowest BCUT2D eigenvalue weighted by molar-refractivity contribution is -0.385. The van der Waals surface area contributed by atoms with Gasteiger partial charge in [0.2, 0.25) is 0 Å². The van der Waals surface area contributed by atoms with Crippen LogP contribution in [-0.4, -0.2) is 16.4 Å². The van der Waals surface area contributed by atoms with Gasteiger partial charge < -0.3 is 5.32 Å². The number of benzene rings is 1. The molecule has 0 aromatic heterocycles. The van der Waals surface area contributed by atoms with Crippen molar-refractivity contribution in [3.8, 4) is 6.07 Å². The van der Waals surface area contributed by atoms with Gasteiger partial charge in [0, 0.05) is 6.07 Å². The molecule has 7 heteroatoms. The van der Waals surface area contributed by atoms with Crippen LogP contribution in [0.25, 0.3) is 0 Å². The van der Waals surface area contributed by atoms with E-state index >= 15 is 0 Å². The van der Waals surface area contributed by atoms with Crippen molar-refractivity contribution in [1.29, 1.82) is 5.26 Å². The molecule has 0 radical (unpaired) electrons. The van der Waals surface area contributed by atoms with Gasteiger partial charge in [-0.15, -0.1) is 0 Å². The molecule has 0 bridgehead atoms. The summed E-state index contributed by atoms with van der Waals surface area (Å²) in [6.45, 7) is 3.60. The molecule has 0 fully saturated rings. The molecule has 1 aromatic rings. The molecule has 0 aliphatic heterocycles. The normalized spacial score (nSPS) is 10.7. The minimum Gasteiger partial charge on any atom is -0.334 e. The van der Waals surface area contributed by atoms with Crippen LogP contribution in [0.2, 0.25) is 0 Å². The largest absolute Gasteiger partial charge is 0.334 e. The third kappa shape index (κ3) is 3.14. The highest BCUT2D eigenvalue weighted by Gasteiger charge is 2.30. The Morgan fingerprint density at radius 2 is 2.10 bits per heavy atom. The minimum absolute atomic E-state index is 0.113. The monoisotopic (exact) mass is 339 g/mol. The molecule has 20 heavy (non-hydrogen) atoms. The molecular formula is C13H14BrN3O3. The number of amides is 1. The predicted octanol–water partition coefficient (Wildman–Crippen LogP) is 3.17. The van der Waals surface area contributed by atoms with E-state index in [2.05, 4.69) is 27.3 Å². The van der Waals surface area contributed by atoms with Crippen LogP contribution in [0.5, 0.6) is 0 Å². The smallest absolute Gasteiger partial charge is 0.284 e. The second-order valence-corrected chi connectivity index (χ2v) is 5.04. The Morgan fingerprint density at radius 1 is 1.50 bits per heavy atom. The van der Waals surface area contributed by atoms with Gasteiger partial charge in [-0.05, 0) is 34.8 Å². The molecule has 1 amide bonds. The Kier molecular flexibility index (Phi) is 5.22. The molecule has 1 aromatic carbocycles. The average molecular weight is 340 g/mol. The van der Waals surface area contributed by atoms with E-state index < -0.39 is 16.4 Å². The number of carbonyl (C=O) groups excluding carboxylic acids is 1. The highest BCUT2D eigenvalue weighted by Crippen LogP contribution is 2.28. The number of nitro groups is 1. The maximum atomic E-state index is 12.2. The van der Waals surface area contributed by atoms with Crippen LogP contribution in [0.15, 0.2) is 22.7 Å². The van der Waals surface area contributed by atoms with Crippen LogP contribution in [0, 0.1) is 21.4 Å². The average Bonchev–Trinajstić information content (AvgIpc) is 2.44. The van der Waals surface area contributed by atoms with Crippen LogP contribution in [0.3, 0.4) is 0 Å². The molecule has 0 saturated heterocycles. The maximum Gasteiger partial charge on any atom is 0.284 e. The van der Waals surface area contributed by atoms with Crippen molar-refractivity contribution in [2.45, 2.75) is 32.2 Å². The molecule has 0 saturated carbocycles. The molecule has 106 valence electrons. The van der Waals surface area contributed by atoms with E-state index in [0.717, 1.165) is 0 Å². The highest BCUT2D eigenvalue weighted by atomic mass is 79.9. The summed E-state index contributed by atoms with van der Waals surface area (Å²) in [6.07, 6.45) is 0.913. The SMILES string of the molecule is CCC(C#N)(CC)NC(=O)c1cccc([N+](=O)[O-])c1Br. The molecular weight excluding hydrogens is 326 g/mol. The number of nitrogens with zero attached hydrogens (tertiary/aromatic N) is 2. The van der Waals surface area contributed by atoms with Crippen LogP contribution in [0.4, 0.5) is 5.69 Å². The lowest BCUT2D eigenvalue weighted by atomic mass is 9.94. The van der Waals surface area contributed by atoms with Crippen molar-refractivity contribution in [3.05, 3.63) is 38.3 Å². The zero-order valence-electron chi connectivity index (χ0n) is 11.1.